The van der Waals surface area contributed by atoms with E-state index in [0.717, 1.165) is 5.56 Å². The van der Waals surface area contributed by atoms with E-state index in [4.69, 9.17) is 5.73 Å². The molecule has 3 nitrogen and oxygen atoms in total. The predicted molar refractivity (Wildman–Crippen MR) is 48.8 cm³/mol. The van der Waals surface area contributed by atoms with Gasteiger partial charge in [0.2, 0.25) is 0 Å². The molecule has 0 aliphatic carbocycles. The first-order valence-corrected chi connectivity index (χ1v) is 4.14. The molecule has 0 radical (unpaired) electrons. The second-order valence-electron chi connectivity index (χ2n) is 3.11. The van der Waals surface area contributed by atoms with Crippen molar-refractivity contribution in [1.82, 2.24) is 0 Å². The van der Waals surface area contributed by atoms with Gasteiger partial charge in [-0.15, -0.1) is 13.2 Å². The first-order valence-electron chi connectivity index (χ1n) is 4.14. The maximum atomic E-state index is 12.0. The highest BCUT2D eigenvalue weighted by Crippen LogP contribution is 2.32. The summed E-state index contributed by atoms with van der Waals surface area (Å²) in [6.45, 7) is 0.365. The van der Waals surface area contributed by atoms with Gasteiger partial charge in [-0.3, -0.25) is 4.99 Å². The molecule has 1 aromatic rings. The molecule has 2 rings (SSSR count). The minimum atomic E-state index is -4.72. The highest BCUT2D eigenvalue weighted by atomic mass is 19.4. The molecule has 1 aromatic carbocycles. The lowest BCUT2D eigenvalue weighted by molar-refractivity contribution is -0.274. The zero-order valence-electron chi connectivity index (χ0n) is 7.51. The molecule has 15 heavy (non-hydrogen) atoms. The number of nitrogen functional groups attached to an aromatic ring is 1. The van der Waals surface area contributed by atoms with Crippen LogP contribution in [0.3, 0.4) is 0 Å². The molecule has 2 N–H and O–H groups in total. The van der Waals surface area contributed by atoms with E-state index in [0.29, 0.717) is 12.1 Å². The number of aliphatic imine (C=N–C) groups is 1. The van der Waals surface area contributed by atoms with E-state index in [1.54, 1.807) is 6.21 Å². The molecule has 0 fully saturated rings. The number of ether oxygens (including phenoxy) is 1. The summed E-state index contributed by atoms with van der Waals surface area (Å²) >= 11 is 0. The highest BCUT2D eigenvalue weighted by molar-refractivity contribution is 5.86. The third-order valence-corrected chi connectivity index (χ3v) is 1.99. The van der Waals surface area contributed by atoms with Gasteiger partial charge in [-0.2, -0.15) is 0 Å². The van der Waals surface area contributed by atoms with Gasteiger partial charge in [0.1, 0.15) is 0 Å². The Balaban J connectivity index is 2.35. The van der Waals surface area contributed by atoms with Gasteiger partial charge in [-0.05, 0) is 23.3 Å². The fourth-order valence-corrected chi connectivity index (χ4v) is 1.37. The topological polar surface area (TPSA) is 47.6 Å². The molecule has 0 saturated heterocycles. The van der Waals surface area contributed by atoms with Crippen LogP contribution in [0.4, 0.5) is 18.9 Å². The number of fused-ring (bicyclic) bond motifs is 1. The van der Waals surface area contributed by atoms with Crippen LogP contribution in [-0.2, 0) is 6.54 Å². The van der Waals surface area contributed by atoms with Crippen molar-refractivity contribution in [2.45, 2.75) is 12.9 Å². The summed E-state index contributed by atoms with van der Waals surface area (Å²) in [7, 11) is 0. The van der Waals surface area contributed by atoms with Gasteiger partial charge < -0.3 is 10.5 Å². The van der Waals surface area contributed by atoms with E-state index in [2.05, 4.69) is 9.73 Å². The Morgan fingerprint density at radius 3 is 2.73 bits per heavy atom. The molecule has 1 heterocycles. The van der Waals surface area contributed by atoms with Crippen LogP contribution >= 0.6 is 0 Å². The Morgan fingerprint density at radius 2 is 2.07 bits per heavy atom. The predicted octanol–water partition coefficient (Wildman–Crippen LogP) is 2.10. The third-order valence-electron chi connectivity index (χ3n) is 1.99. The summed E-state index contributed by atoms with van der Waals surface area (Å²) in [5.74, 6) is -0.369. The number of halogens is 3. The summed E-state index contributed by atoms with van der Waals surface area (Å²) in [4.78, 5) is 3.91. The summed E-state index contributed by atoms with van der Waals surface area (Å²) in [6, 6.07) is 2.69. The van der Waals surface area contributed by atoms with Crippen molar-refractivity contribution in [1.29, 1.82) is 0 Å². The quantitative estimate of drug-likeness (QED) is 0.730. The number of rotatable bonds is 1. The second kappa shape index (κ2) is 3.15. The van der Waals surface area contributed by atoms with Gasteiger partial charge in [0.25, 0.3) is 0 Å². The lowest BCUT2D eigenvalue weighted by Crippen LogP contribution is -2.18. The van der Waals surface area contributed by atoms with Gasteiger partial charge >= 0.3 is 6.36 Å². The van der Waals surface area contributed by atoms with Crippen LogP contribution < -0.4 is 10.5 Å². The third kappa shape index (κ3) is 2.03. The number of hydrogen-bond donors (Lipinski definition) is 1. The van der Waals surface area contributed by atoms with Crippen molar-refractivity contribution < 1.29 is 17.9 Å². The van der Waals surface area contributed by atoms with Crippen molar-refractivity contribution in [3.63, 3.8) is 0 Å². The molecule has 0 saturated carbocycles. The van der Waals surface area contributed by atoms with E-state index in [1.807, 2.05) is 0 Å². The van der Waals surface area contributed by atoms with Crippen molar-refractivity contribution in [3.05, 3.63) is 23.3 Å². The SMILES string of the molecule is Nc1cc2c(cc1OC(F)(F)F)CN=C2. The molecule has 0 bridgehead atoms. The van der Waals surface area contributed by atoms with Gasteiger partial charge in [0.05, 0.1) is 12.2 Å². The molecule has 1 aliphatic rings. The van der Waals surface area contributed by atoms with Gasteiger partial charge in [-0.1, -0.05) is 0 Å². The summed E-state index contributed by atoms with van der Waals surface area (Å²) < 4.78 is 39.7. The zero-order valence-corrected chi connectivity index (χ0v) is 7.51. The van der Waals surface area contributed by atoms with Crippen molar-refractivity contribution in [2.75, 3.05) is 5.73 Å². The average molecular weight is 216 g/mol. The molecular formula is C9H7F3N2O. The van der Waals surface area contributed by atoms with Gasteiger partial charge in [-0.25, -0.2) is 0 Å². The largest absolute Gasteiger partial charge is 0.573 e. The van der Waals surface area contributed by atoms with E-state index in [-0.39, 0.29) is 11.4 Å². The van der Waals surface area contributed by atoms with Crippen LogP contribution in [0.15, 0.2) is 17.1 Å². The maximum Gasteiger partial charge on any atom is 0.573 e. The maximum absolute atomic E-state index is 12.0. The lowest BCUT2D eigenvalue weighted by Gasteiger charge is -2.12. The minimum Gasteiger partial charge on any atom is -0.404 e. The number of hydrogen-bond acceptors (Lipinski definition) is 3. The Labute approximate surface area is 83.4 Å². The number of nitrogens with zero attached hydrogens (tertiary/aromatic N) is 1. The fraction of sp³-hybridized carbons (Fsp3) is 0.222. The smallest absolute Gasteiger partial charge is 0.404 e. The van der Waals surface area contributed by atoms with Crippen LogP contribution in [-0.4, -0.2) is 12.6 Å². The summed E-state index contributed by atoms with van der Waals surface area (Å²) in [6.07, 6.45) is -3.15. The van der Waals surface area contributed by atoms with E-state index in [9.17, 15) is 13.2 Å². The zero-order chi connectivity index (χ0) is 11.1. The first kappa shape index (κ1) is 9.82. The Kier molecular flexibility index (Phi) is 2.06. The molecule has 0 amide bonds. The van der Waals surface area contributed by atoms with Crippen LogP contribution in [0.1, 0.15) is 11.1 Å². The van der Waals surface area contributed by atoms with Crippen LogP contribution in [0, 0.1) is 0 Å². The molecule has 0 spiro atoms. The Bertz CT molecular complexity index is 426. The molecular weight excluding hydrogens is 209 g/mol. The molecule has 1 aliphatic heterocycles. The average Bonchev–Trinajstić information content (AvgIpc) is 2.49. The van der Waals surface area contributed by atoms with E-state index < -0.39 is 6.36 Å². The van der Waals surface area contributed by atoms with E-state index in [1.165, 1.54) is 12.1 Å². The van der Waals surface area contributed by atoms with Crippen LogP contribution in [0.2, 0.25) is 0 Å². The summed E-state index contributed by atoms with van der Waals surface area (Å²) in [5, 5.41) is 0. The van der Waals surface area contributed by atoms with Crippen molar-refractivity contribution >= 4 is 11.9 Å². The standard InChI is InChI=1S/C9H7F3N2O/c10-9(11,12)15-8-2-6-4-14-3-5(6)1-7(8)13/h1-3H,4,13H2. The number of anilines is 1. The van der Waals surface area contributed by atoms with Crippen LogP contribution in [0.5, 0.6) is 5.75 Å². The normalized spacial score (nSPS) is 14.1. The fourth-order valence-electron chi connectivity index (χ4n) is 1.37. The minimum absolute atomic E-state index is 0.0422. The van der Waals surface area contributed by atoms with Crippen LogP contribution in [0.25, 0.3) is 0 Å². The number of benzene rings is 1. The van der Waals surface area contributed by atoms with Crippen molar-refractivity contribution in [3.8, 4) is 5.75 Å². The van der Waals surface area contributed by atoms with Gasteiger partial charge in [0, 0.05) is 6.21 Å². The van der Waals surface area contributed by atoms with Gasteiger partial charge in [0.15, 0.2) is 5.75 Å². The molecule has 0 aromatic heterocycles. The molecule has 80 valence electrons. The Morgan fingerprint density at radius 1 is 1.33 bits per heavy atom. The lowest BCUT2D eigenvalue weighted by atomic mass is 10.1. The number of nitrogens with two attached hydrogens (primary N) is 1. The summed E-state index contributed by atoms with van der Waals surface area (Å²) in [5.41, 5.74) is 6.79. The number of alkyl halides is 3. The first-order chi connectivity index (χ1) is 6.96. The second-order valence-corrected chi connectivity index (χ2v) is 3.11. The monoisotopic (exact) mass is 216 g/mol. The van der Waals surface area contributed by atoms with E-state index >= 15 is 0 Å². The molecule has 6 heteroatoms. The molecule has 0 unspecified atom stereocenters. The Hall–Kier alpha value is -1.72. The van der Waals surface area contributed by atoms with Crippen molar-refractivity contribution in [2.24, 2.45) is 4.99 Å². The molecule has 0 atom stereocenters. The highest BCUT2D eigenvalue weighted by Gasteiger charge is 2.32.